The van der Waals surface area contributed by atoms with Crippen LogP contribution in [0, 0.1) is 11.3 Å². The van der Waals surface area contributed by atoms with Gasteiger partial charge in [0.2, 0.25) is 0 Å². The molecule has 0 saturated heterocycles. The molecule has 2 rings (SSSR count). The number of hydrogen-bond donors (Lipinski definition) is 1. The summed E-state index contributed by atoms with van der Waals surface area (Å²) < 4.78 is 4.66. The first-order valence-electron chi connectivity index (χ1n) is 6.60. The molecule has 0 heterocycles. The van der Waals surface area contributed by atoms with Crippen molar-refractivity contribution in [3.8, 4) is 6.07 Å². The van der Waals surface area contributed by atoms with E-state index in [1.165, 1.54) is 7.11 Å². The first-order valence-corrected chi connectivity index (χ1v) is 6.60. The fourth-order valence-corrected chi connectivity index (χ4v) is 1.98. The summed E-state index contributed by atoms with van der Waals surface area (Å²) in [4.78, 5) is 11.3. The summed E-state index contributed by atoms with van der Waals surface area (Å²) in [6, 6.07) is 16.9. The lowest BCUT2D eigenvalue weighted by Crippen LogP contribution is -2.13. The number of carbonyl (C=O) groups excluding carboxylic acids is 1. The van der Waals surface area contributed by atoms with Crippen LogP contribution in [0.25, 0.3) is 0 Å². The molecular weight excluding hydrogens is 264 g/mol. The number of hydrogen-bond acceptors (Lipinski definition) is 4. The first kappa shape index (κ1) is 14.8. The molecule has 4 nitrogen and oxygen atoms in total. The molecule has 106 valence electrons. The second-order valence-corrected chi connectivity index (χ2v) is 4.60. The van der Waals surface area contributed by atoms with E-state index in [2.05, 4.69) is 16.1 Å². The van der Waals surface area contributed by atoms with Gasteiger partial charge in [-0.1, -0.05) is 24.3 Å². The van der Waals surface area contributed by atoms with E-state index in [0.717, 1.165) is 11.1 Å². The molecule has 0 saturated carbocycles. The van der Waals surface area contributed by atoms with Gasteiger partial charge in [0, 0.05) is 13.1 Å². The smallest absolute Gasteiger partial charge is 0.337 e. The Labute approximate surface area is 124 Å². The summed E-state index contributed by atoms with van der Waals surface area (Å²) in [5.41, 5.74) is 3.36. The zero-order valence-electron chi connectivity index (χ0n) is 11.8. The number of nitrogens with one attached hydrogen (secondary N) is 1. The molecule has 0 unspecified atom stereocenters. The summed E-state index contributed by atoms with van der Waals surface area (Å²) in [5, 5.41) is 12.2. The van der Waals surface area contributed by atoms with Crippen molar-refractivity contribution in [2.75, 3.05) is 7.11 Å². The molecule has 0 amide bonds. The van der Waals surface area contributed by atoms with Crippen molar-refractivity contribution < 1.29 is 9.53 Å². The predicted molar refractivity (Wildman–Crippen MR) is 79.5 cm³/mol. The summed E-state index contributed by atoms with van der Waals surface area (Å²) in [7, 11) is 1.37. The van der Waals surface area contributed by atoms with E-state index in [1.54, 1.807) is 18.2 Å². The lowest BCUT2D eigenvalue weighted by molar-refractivity contribution is 0.0600. The molecule has 0 aliphatic carbocycles. The van der Waals surface area contributed by atoms with Crippen LogP contribution in [-0.4, -0.2) is 13.1 Å². The summed E-state index contributed by atoms with van der Waals surface area (Å²) >= 11 is 0. The fourth-order valence-electron chi connectivity index (χ4n) is 1.98. The molecule has 0 fully saturated rings. The highest BCUT2D eigenvalue weighted by Gasteiger charge is 2.04. The summed E-state index contributed by atoms with van der Waals surface area (Å²) in [5.74, 6) is -0.331. The highest BCUT2D eigenvalue weighted by atomic mass is 16.5. The number of carbonyl (C=O) groups is 1. The minimum Gasteiger partial charge on any atom is -0.465 e. The van der Waals surface area contributed by atoms with Gasteiger partial charge in [0.1, 0.15) is 0 Å². The Morgan fingerprint density at radius 2 is 1.86 bits per heavy atom. The normalized spacial score (nSPS) is 9.90. The van der Waals surface area contributed by atoms with Crippen LogP contribution in [0.15, 0.2) is 48.5 Å². The van der Waals surface area contributed by atoms with Crippen LogP contribution in [-0.2, 0) is 17.8 Å². The number of benzene rings is 2. The first-order chi connectivity index (χ1) is 10.2. The molecule has 0 atom stereocenters. The van der Waals surface area contributed by atoms with Crippen LogP contribution < -0.4 is 5.32 Å². The quantitative estimate of drug-likeness (QED) is 0.855. The maximum atomic E-state index is 11.3. The zero-order valence-corrected chi connectivity index (χ0v) is 11.8. The van der Waals surface area contributed by atoms with Gasteiger partial charge in [0.05, 0.1) is 24.3 Å². The van der Waals surface area contributed by atoms with E-state index in [9.17, 15) is 4.79 Å². The van der Waals surface area contributed by atoms with Crippen molar-refractivity contribution >= 4 is 5.97 Å². The lowest BCUT2D eigenvalue weighted by atomic mass is 10.1. The van der Waals surface area contributed by atoms with E-state index < -0.39 is 0 Å². The SMILES string of the molecule is COC(=O)c1ccc(CNCc2cccc(C#N)c2)cc1. The Bertz CT molecular complexity index is 657. The molecule has 2 aromatic rings. The molecular formula is C17H16N2O2. The van der Waals surface area contributed by atoms with Gasteiger partial charge in [0.15, 0.2) is 0 Å². The zero-order chi connectivity index (χ0) is 15.1. The van der Waals surface area contributed by atoms with Crippen LogP contribution in [0.2, 0.25) is 0 Å². The maximum Gasteiger partial charge on any atom is 0.337 e. The van der Waals surface area contributed by atoms with Gasteiger partial charge in [-0.15, -0.1) is 0 Å². The second kappa shape index (κ2) is 7.22. The molecule has 21 heavy (non-hydrogen) atoms. The van der Waals surface area contributed by atoms with Gasteiger partial charge in [-0.05, 0) is 35.4 Å². The average Bonchev–Trinajstić information content (AvgIpc) is 2.55. The van der Waals surface area contributed by atoms with Gasteiger partial charge in [-0.25, -0.2) is 4.79 Å². The summed E-state index contributed by atoms with van der Waals surface area (Å²) in [6.45, 7) is 1.38. The third kappa shape index (κ3) is 4.16. The van der Waals surface area contributed by atoms with E-state index >= 15 is 0 Å². The van der Waals surface area contributed by atoms with Crippen molar-refractivity contribution in [1.82, 2.24) is 5.32 Å². The Balaban J connectivity index is 1.88. The molecule has 0 spiro atoms. The molecule has 0 aliphatic rings. The maximum absolute atomic E-state index is 11.3. The standard InChI is InChI=1S/C17H16N2O2/c1-21-17(20)16-7-5-13(6-8-16)11-19-12-15-4-2-3-14(9-15)10-18/h2-9,19H,11-12H2,1H3. The number of esters is 1. The van der Waals surface area contributed by atoms with Crippen LogP contribution in [0.3, 0.4) is 0 Å². The minimum absolute atomic E-state index is 0.331. The predicted octanol–water partition coefficient (Wildman–Crippen LogP) is 2.63. The molecule has 4 heteroatoms. The molecule has 2 aromatic carbocycles. The van der Waals surface area contributed by atoms with Gasteiger partial charge in [-0.2, -0.15) is 5.26 Å². The Morgan fingerprint density at radius 3 is 2.52 bits per heavy atom. The monoisotopic (exact) mass is 280 g/mol. The highest BCUT2D eigenvalue weighted by molar-refractivity contribution is 5.89. The Morgan fingerprint density at radius 1 is 1.14 bits per heavy atom. The number of nitrogens with zero attached hydrogens (tertiary/aromatic N) is 1. The van der Waals surface area contributed by atoms with Crippen molar-refractivity contribution in [2.24, 2.45) is 0 Å². The van der Waals surface area contributed by atoms with Crippen molar-refractivity contribution in [3.63, 3.8) is 0 Å². The van der Waals surface area contributed by atoms with Crippen molar-refractivity contribution in [1.29, 1.82) is 5.26 Å². The second-order valence-electron chi connectivity index (χ2n) is 4.60. The van der Waals surface area contributed by atoms with Gasteiger partial charge in [0.25, 0.3) is 0 Å². The third-order valence-electron chi connectivity index (χ3n) is 3.09. The Kier molecular flexibility index (Phi) is 5.08. The van der Waals surface area contributed by atoms with Gasteiger partial charge in [-0.3, -0.25) is 0 Å². The number of nitriles is 1. The summed E-state index contributed by atoms with van der Waals surface area (Å²) in [6.07, 6.45) is 0. The number of ether oxygens (including phenoxy) is 1. The number of methoxy groups -OCH3 is 1. The molecule has 0 aromatic heterocycles. The van der Waals surface area contributed by atoms with Crippen LogP contribution >= 0.6 is 0 Å². The fraction of sp³-hybridized carbons (Fsp3) is 0.176. The molecule has 0 aliphatic heterocycles. The molecule has 0 bridgehead atoms. The van der Waals surface area contributed by atoms with Crippen molar-refractivity contribution in [3.05, 3.63) is 70.8 Å². The van der Waals surface area contributed by atoms with E-state index in [1.807, 2.05) is 30.3 Å². The van der Waals surface area contributed by atoms with Crippen LogP contribution in [0.4, 0.5) is 0 Å². The van der Waals surface area contributed by atoms with Gasteiger partial charge < -0.3 is 10.1 Å². The van der Waals surface area contributed by atoms with E-state index in [0.29, 0.717) is 24.2 Å². The number of rotatable bonds is 5. The van der Waals surface area contributed by atoms with Crippen LogP contribution in [0.1, 0.15) is 27.0 Å². The molecule has 1 N–H and O–H groups in total. The largest absolute Gasteiger partial charge is 0.465 e. The highest BCUT2D eigenvalue weighted by Crippen LogP contribution is 2.07. The third-order valence-corrected chi connectivity index (χ3v) is 3.09. The molecule has 0 radical (unpaired) electrons. The minimum atomic E-state index is -0.331. The van der Waals surface area contributed by atoms with Crippen LogP contribution in [0.5, 0.6) is 0 Å². The Hall–Kier alpha value is -2.64. The topological polar surface area (TPSA) is 62.1 Å². The van der Waals surface area contributed by atoms with E-state index in [-0.39, 0.29) is 5.97 Å². The average molecular weight is 280 g/mol. The van der Waals surface area contributed by atoms with E-state index in [4.69, 9.17) is 5.26 Å². The van der Waals surface area contributed by atoms with Gasteiger partial charge >= 0.3 is 5.97 Å². The lowest BCUT2D eigenvalue weighted by Gasteiger charge is -2.06. The van der Waals surface area contributed by atoms with Crippen molar-refractivity contribution in [2.45, 2.75) is 13.1 Å².